The number of nitrogens with zero attached hydrogens (tertiary/aromatic N) is 1. The Kier molecular flexibility index (Phi) is 5.23. The summed E-state index contributed by atoms with van der Waals surface area (Å²) < 4.78 is 5.96. The number of nitrogens with one attached hydrogen (secondary N) is 1. The van der Waals surface area contributed by atoms with E-state index in [4.69, 9.17) is 4.74 Å². The first kappa shape index (κ1) is 20.1. The molecule has 4 atom stereocenters. The molecule has 0 unspecified atom stereocenters. The fourth-order valence-corrected chi connectivity index (χ4v) is 5.49. The van der Waals surface area contributed by atoms with Crippen molar-refractivity contribution in [2.75, 3.05) is 18.5 Å². The van der Waals surface area contributed by atoms with Crippen LogP contribution in [0.15, 0.2) is 16.6 Å². The third-order valence-electron chi connectivity index (χ3n) is 6.67. The number of rotatable bonds is 5. The summed E-state index contributed by atoms with van der Waals surface area (Å²) in [6.07, 6.45) is 2.91. The van der Waals surface area contributed by atoms with Gasteiger partial charge in [0.05, 0.1) is 11.8 Å². The third kappa shape index (κ3) is 3.47. The van der Waals surface area contributed by atoms with Gasteiger partial charge in [0.15, 0.2) is 6.61 Å². The molecular weight excluding hydrogens is 440 g/mol. The molecule has 1 aromatic rings. The van der Waals surface area contributed by atoms with E-state index >= 15 is 0 Å². The Balaban J connectivity index is 1.30. The molecule has 3 fully saturated rings. The monoisotopic (exact) mass is 462 g/mol. The number of imide groups is 1. The lowest BCUT2D eigenvalue weighted by Crippen LogP contribution is -2.38. The van der Waals surface area contributed by atoms with Crippen LogP contribution in [0.25, 0.3) is 0 Å². The van der Waals surface area contributed by atoms with Gasteiger partial charge in [-0.15, -0.1) is 0 Å². The van der Waals surface area contributed by atoms with E-state index in [2.05, 4.69) is 21.2 Å². The quantitative estimate of drug-likeness (QED) is 0.536. The number of likely N-dealkylation sites (tertiary alicyclic amines) is 1. The van der Waals surface area contributed by atoms with Crippen molar-refractivity contribution in [3.05, 3.63) is 27.7 Å². The third-order valence-corrected chi connectivity index (χ3v) is 7.52. The van der Waals surface area contributed by atoms with Crippen molar-refractivity contribution in [3.8, 4) is 0 Å². The van der Waals surface area contributed by atoms with Crippen LogP contribution in [0.5, 0.6) is 0 Å². The maximum atomic E-state index is 12.6. The van der Waals surface area contributed by atoms with Gasteiger partial charge in [-0.25, -0.2) is 0 Å². The van der Waals surface area contributed by atoms with Gasteiger partial charge in [-0.3, -0.25) is 24.1 Å². The number of carbonyl (C=O) groups excluding carboxylic acids is 4. The minimum atomic E-state index is -0.752. The summed E-state index contributed by atoms with van der Waals surface area (Å²) in [6.45, 7) is 2.92. The topological polar surface area (TPSA) is 92.8 Å². The summed E-state index contributed by atoms with van der Waals surface area (Å²) >= 11 is 3.43. The van der Waals surface area contributed by atoms with E-state index < -0.39 is 25.0 Å². The fourth-order valence-electron chi connectivity index (χ4n) is 5.06. The van der Waals surface area contributed by atoms with E-state index in [0.29, 0.717) is 5.69 Å². The second-order valence-corrected chi connectivity index (χ2v) is 9.06. The van der Waals surface area contributed by atoms with Gasteiger partial charge in [-0.1, -0.05) is 15.9 Å². The summed E-state index contributed by atoms with van der Waals surface area (Å²) in [5.41, 5.74) is 2.55. The van der Waals surface area contributed by atoms with Crippen molar-refractivity contribution in [1.29, 1.82) is 0 Å². The number of ether oxygens (including phenoxy) is 1. The number of benzene rings is 1. The van der Waals surface area contributed by atoms with Gasteiger partial charge >= 0.3 is 5.97 Å². The highest BCUT2D eigenvalue weighted by Crippen LogP contribution is 2.56. The Labute approximate surface area is 177 Å². The molecule has 2 saturated carbocycles. The number of amides is 3. The molecule has 1 heterocycles. The molecule has 1 N–H and O–H groups in total. The summed E-state index contributed by atoms with van der Waals surface area (Å²) in [7, 11) is 0. The predicted octanol–water partition coefficient (Wildman–Crippen LogP) is 2.58. The number of anilines is 1. The average molecular weight is 463 g/mol. The van der Waals surface area contributed by atoms with Crippen LogP contribution in [0.2, 0.25) is 0 Å². The van der Waals surface area contributed by atoms with Crippen LogP contribution in [0.3, 0.4) is 0 Å². The lowest BCUT2D eigenvalue weighted by Gasteiger charge is -2.19. The molecule has 154 valence electrons. The number of esters is 1. The summed E-state index contributed by atoms with van der Waals surface area (Å²) in [4.78, 5) is 50.6. The zero-order valence-corrected chi connectivity index (χ0v) is 18.0. The van der Waals surface area contributed by atoms with Crippen molar-refractivity contribution < 1.29 is 23.9 Å². The molecule has 1 saturated heterocycles. The van der Waals surface area contributed by atoms with Crippen molar-refractivity contribution >= 4 is 45.3 Å². The molecule has 0 radical (unpaired) electrons. The van der Waals surface area contributed by atoms with E-state index in [1.807, 2.05) is 19.9 Å². The molecule has 7 nitrogen and oxygen atoms in total. The minimum absolute atomic E-state index is 0.255. The van der Waals surface area contributed by atoms with Crippen LogP contribution in [-0.4, -0.2) is 41.7 Å². The summed E-state index contributed by atoms with van der Waals surface area (Å²) in [5.74, 6) is -1.72. The Hall–Kier alpha value is -2.22. The van der Waals surface area contributed by atoms with E-state index in [0.717, 1.165) is 39.8 Å². The van der Waals surface area contributed by atoms with Crippen molar-refractivity contribution in [3.63, 3.8) is 0 Å². The van der Waals surface area contributed by atoms with Crippen LogP contribution < -0.4 is 5.32 Å². The normalized spacial score (nSPS) is 27.3. The Bertz CT molecular complexity index is 887. The average Bonchev–Trinajstić information content (AvgIpc) is 3.37. The first-order valence-electron chi connectivity index (χ1n) is 9.84. The van der Waals surface area contributed by atoms with E-state index in [9.17, 15) is 19.2 Å². The molecule has 3 aliphatic rings. The van der Waals surface area contributed by atoms with Gasteiger partial charge in [-0.2, -0.15) is 0 Å². The highest BCUT2D eigenvalue weighted by atomic mass is 79.9. The first-order chi connectivity index (χ1) is 13.8. The van der Waals surface area contributed by atoms with Gasteiger partial charge in [0.1, 0.15) is 6.54 Å². The highest BCUT2D eigenvalue weighted by molar-refractivity contribution is 9.10. The molecule has 2 bridgehead atoms. The van der Waals surface area contributed by atoms with Crippen LogP contribution >= 0.6 is 15.9 Å². The molecule has 0 aromatic heterocycles. The number of hydrogen-bond acceptors (Lipinski definition) is 5. The maximum Gasteiger partial charge on any atom is 0.326 e. The molecule has 1 aliphatic heterocycles. The molecule has 29 heavy (non-hydrogen) atoms. The molecular formula is C21H23BrN2O5. The Morgan fingerprint density at radius 1 is 1.10 bits per heavy atom. The summed E-state index contributed by atoms with van der Waals surface area (Å²) in [5, 5.41) is 2.71. The Morgan fingerprint density at radius 2 is 1.72 bits per heavy atom. The van der Waals surface area contributed by atoms with Gasteiger partial charge in [-0.05, 0) is 68.2 Å². The minimum Gasteiger partial charge on any atom is -0.454 e. The lowest BCUT2D eigenvalue weighted by molar-refractivity contribution is -0.154. The smallest absolute Gasteiger partial charge is 0.326 e. The number of fused-ring (bicyclic) bond motifs is 5. The lowest BCUT2D eigenvalue weighted by atomic mass is 9.81. The second kappa shape index (κ2) is 7.55. The van der Waals surface area contributed by atoms with Gasteiger partial charge in [0.25, 0.3) is 5.91 Å². The zero-order valence-electron chi connectivity index (χ0n) is 16.4. The van der Waals surface area contributed by atoms with Crippen LogP contribution in [-0.2, 0) is 23.9 Å². The van der Waals surface area contributed by atoms with Crippen molar-refractivity contribution in [1.82, 2.24) is 4.90 Å². The molecule has 4 rings (SSSR count). The Morgan fingerprint density at radius 3 is 2.34 bits per heavy atom. The summed E-state index contributed by atoms with van der Waals surface area (Å²) in [6, 6.07) is 3.60. The van der Waals surface area contributed by atoms with Gasteiger partial charge in [0.2, 0.25) is 11.8 Å². The number of halogens is 1. The molecule has 0 spiro atoms. The van der Waals surface area contributed by atoms with E-state index in [-0.39, 0.29) is 35.5 Å². The molecule has 1 aromatic carbocycles. The van der Waals surface area contributed by atoms with E-state index in [1.165, 1.54) is 0 Å². The largest absolute Gasteiger partial charge is 0.454 e. The van der Waals surface area contributed by atoms with Gasteiger partial charge in [0, 0.05) is 10.2 Å². The SMILES string of the molecule is Cc1c(Br)ccc(NC(=O)COC(=O)CN2C(=O)[C@H]3[C@H]4CC[C@@H](C4)[C@@H]3C2=O)c1C. The second-order valence-electron chi connectivity index (χ2n) is 8.20. The molecule has 8 heteroatoms. The molecule has 3 amide bonds. The number of carbonyl (C=O) groups is 4. The van der Waals surface area contributed by atoms with Crippen molar-refractivity contribution in [2.24, 2.45) is 23.7 Å². The molecule has 2 aliphatic carbocycles. The van der Waals surface area contributed by atoms with E-state index in [1.54, 1.807) is 6.07 Å². The zero-order chi connectivity index (χ0) is 20.9. The van der Waals surface area contributed by atoms with Crippen LogP contribution in [0.4, 0.5) is 5.69 Å². The highest BCUT2D eigenvalue weighted by Gasteiger charge is 2.61. The van der Waals surface area contributed by atoms with Crippen LogP contribution in [0.1, 0.15) is 30.4 Å². The standard InChI is InChI=1S/C21H23BrN2O5/c1-10-11(2)15(6-5-14(10)22)23-16(25)9-29-17(26)8-24-20(27)18-12-3-4-13(7-12)19(18)21(24)28/h5-6,12-13,18-19H,3-4,7-9H2,1-2H3,(H,23,25)/t12-,13-,18-,19-/m0/s1. The number of hydrogen-bond donors (Lipinski definition) is 1. The predicted molar refractivity (Wildman–Crippen MR) is 108 cm³/mol. The fraction of sp³-hybridized carbons (Fsp3) is 0.524. The first-order valence-corrected chi connectivity index (χ1v) is 10.6. The van der Waals surface area contributed by atoms with Crippen molar-refractivity contribution in [2.45, 2.75) is 33.1 Å². The maximum absolute atomic E-state index is 12.6. The van der Waals surface area contributed by atoms with Gasteiger partial charge < -0.3 is 10.1 Å². The van der Waals surface area contributed by atoms with Crippen LogP contribution in [0, 0.1) is 37.5 Å².